The number of benzene rings is 2. The summed E-state index contributed by atoms with van der Waals surface area (Å²) in [5, 5.41) is 30.5. The van der Waals surface area contributed by atoms with Crippen LogP contribution in [0.1, 0.15) is 116 Å². The van der Waals surface area contributed by atoms with E-state index in [1.165, 1.54) is 9.78 Å². The van der Waals surface area contributed by atoms with Crippen molar-refractivity contribution in [3.63, 3.8) is 0 Å². The van der Waals surface area contributed by atoms with Crippen LogP contribution in [0.5, 0.6) is 0 Å². The van der Waals surface area contributed by atoms with Crippen molar-refractivity contribution in [3.8, 4) is 15.4 Å². The zero-order chi connectivity index (χ0) is 52.3. The van der Waals surface area contributed by atoms with Crippen molar-refractivity contribution >= 4 is 63.6 Å². The number of allylic oxidation sites excluding steroid dienone is 2. The maximum Gasteiger partial charge on any atom is 0.287 e. The summed E-state index contributed by atoms with van der Waals surface area (Å²) in [6, 6.07) is 12.5. The Kier molecular flexibility index (Phi) is 14.0. The van der Waals surface area contributed by atoms with Crippen molar-refractivity contribution in [2.24, 2.45) is 10.4 Å². The zero-order valence-electron chi connectivity index (χ0n) is 42.6. The number of aryl methyl sites for hydroxylation is 3. The Morgan fingerprint density at radius 3 is 2.39 bits per heavy atom. The third kappa shape index (κ3) is 10.2. The van der Waals surface area contributed by atoms with Gasteiger partial charge in [-0.25, -0.2) is 4.98 Å². The van der Waals surface area contributed by atoms with Gasteiger partial charge in [0.25, 0.3) is 5.91 Å². The van der Waals surface area contributed by atoms with Crippen molar-refractivity contribution < 1.29 is 33.8 Å². The van der Waals surface area contributed by atoms with Crippen molar-refractivity contribution in [3.05, 3.63) is 139 Å². The number of aliphatic hydroxyl groups excluding tert-OH is 1. The summed E-state index contributed by atoms with van der Waals surface area (Å²) >= 11 is 9.51. The molecule has 16 nitrogen and oxygen atoms in total. The van der Waals surface area contributed by atoms with Crippen LogP contribution >= 0.6 is 34.3 Å². The monoisotopic (exact) mass is 1060 g/mol. The Hall–Kier alpha value is -6.47. The molecule has 74 heavy (non-hydrogen) atoms. The highest BCUT2D eigenvalue weighted by Crippen LogP contribution is 2.41. The Morgan fingerprint density at radius 2 is 1.69 bits per heavy atom. The number of likely N-dealkylation sites (tertiary alicyclic amines) is 1. The number of rotatable bonds is 13. The number of hydrogen-bond acceptors (Lipinski definition) is 13. The van der Waals surface area contributed by atoms with Crippen molar-refractivity contribution in [1.29, 1.82) is 0 Å². The summed E-state index contributed by atoms with van der Waals surface area (Å²) in [5.41, 5.74) is 8.55. The lowest BCUT2D eigenvalue weighted by Crippen LogP contribution is -2.58. The maximum atomic E-state index is 14.4. The van der Waals surface area contributed by atoms with Gasteiger partial charge in [-0.05, 0) is 86.6 Å². The summed E-state index contributed by atoms with van der Waals surface area (Å²) in [7, 11) is 0. The molecular formula is C55H60ClN9O7S2. The number of aromatic nitrogens is 4. The number of fused-ring (bicyclic) bond motifs is 4. The average Bonchev–Trinajstić information content (AvgIpc) is 4.19. The molecule has 5 aliphatic rings. The molecule has 0 radical (unpaired) electrons. The third-order valence-electron chi connectivity index (χ3n) is 14.6. The van der Waals surface area contributed by atoms with Crippen LogP contribution < -0.4 is 16.0 Å². The van der Waals surface area contributed by atoms with E-state index in [0.29, 0.717) is 35.9 Å². The molecule has 6 atom stereocenters. The van der Waals surface area contributed by atoms with Crippen LogP contribution in [0, 0.1) is 33.1 Å². The summed E-state index contributed by atoms with van der Waals surface area (Å²) in [5.74, 6) is 0.554. The highest BCUT2D eigenvalue weighted by Gasteiger charge is 2.46. The number of carbonyl (C=O) groups is 4. The van der Waals surface area contributed by atoms with E-state index in [1.807, 2.05) is 112 Å². The minimum atomic E-state index is -1.04. The van der Waals surface area contributed by atoms with E-state index >= 15 is 0 Å². The number of thiophene rings is 1. The van der Waals surface area contributed by atoms with E-state index in [4.69, 9.17) is 26.1 Å². The van der Waals surface area contributed by atoms with Gasteiger partial charge in [0.15, 0.2) is 11.6 Å². The quantitative estimate of drug-likeness (QED) is 0.0892. The minimum absolute atomic E-state index is 0.0452. The molecule has 2 fully saturated rings. The second kappa shape index (κ2) is 20.3. The van der Waals surface area contributed by atoms with Gasteiger partial charge in [0.05, 0.1) is 40.4 Å². The highest BCUT2D eigenvalue weighted by molar-refractivity contribution is 7.15. The molecule has 386 valence electrons. The van der Waals surface area contributed by atoms with E-state index in [1.54, 1.807) is 28.7 Å². The first-order valence-corrected chi connectivity index (χ1v) is 27.1. The number of β-amino-alcohol motifs (C(OH)–C–C–N with tert-alkyl or cyclic N) is 1. The predicted molar refractivity (Wildman–Crippen MR) is 284 cm³/mol. The molecule has 10 rings (SSSR count). The van der Waals surface area contributed by atoms with Gasteiger partial charge in [-0.2, -0.15) is 0 Å². The van der Waals surface area contributed by atoms with Gasteiger partial charge in [-0.1, -0.05) is 74.8 Å². The molecule has 2 aliphatic carbocycles. The van der Waals surface area contributed by atoms with Gasteiger partial charge in [0, 0.05) is 59.3 Å². The van der Waals surface area contributed by atoms with Gasteiger partial charge in [-0.15, -0.1) is 32.9 Å². The number of halogens is 1. The van der Waals surface area contributed by atoms with Crippen LogP contribution in [0.4, 0.5) is 0 Å². The predicted octanol–water partition coefficient (Wildman–Crippen LogP) is 8.15. The van der Waals surface area contributed by atoms with Crippen LogP contribution in [-0.4, -0.2) is 102 Å². The second-order valence-electron chi connectivity index (χ2n) is 21.0. The summed E-state index contributed by atoms with van der Waals surface area (Å²) in [6.07, 6.45) is 5.71. The minimum Gasteiger partial charge on any atom is -0.494 e. The SMILES string of the molecule is Cc1ncsc1-c1ccc([C@H](C)NC(=O)[C@@H]2C[C@@H](O)CN2C(=O)[C@@H](NC(=O)C2=CC3=CC=C(O[C@H]4C[C@H](NC(=O)C[C@@H]5N=C(c6ccc(Cl)cc6)c6c(sc(C)c6C)-n6c(C)nnc65)C4)CC3O2)C(C)(C)C)cc1. The fourth-order valence-corrected chi connectivity index (χ4v) is 12.4. The Balaban J connectivity index is 0.727. The standard InChI is InChI=1S/C55H60ClN9O7S2/c1-27-30(4)74-54-46(27)47(33-13-16-36(56)17-14-33)60-41(50-63-62-31(5)65(50)54)24-45(67)59-37-20-40(21-37)71-39-18-15-35-19-44(72-43(35)23-39)52(69)61-49(55(6,7)8)53(70)64-25-38(66)22-42(64)51(68)58-28(2)32-9-11-34(12-10-32)48-29(3)57-26-73-48/h9-19,26,28,37-38,40-43,49,66H,20-25H2,1-8H3,(H,58,68)(H,59,67)(H,61,69)/t28-,37-,38+,40-,41-,42-,43?,49+/m0/s1. The second-order valence-corrected chi connectivity index (χ2v) is 23.5. The van der Waals surface area contributed by atoms with E-state index < -0.39 is 47.6 Å². The van der Waals surface area contributed by atoms with Crippen LogP contribution in [0.2, 0.25) is 5.02 Å². The van der Waals surface area contributed by atoms with Crippen LogP contribution in [-0.2, 0) is 28.7 Å². The Labute approximate surface area is 443 Å². The van der Waals surface area contributed by atoms with Crippen LogP contribution in [0.25, 0.3) is 15.4 Å². The summed E-state index contributed by atoms with van der Waals surface area (Å²) < 4.78 is 14.6. The number of hydrogen-bond donors (Lipinski definition) is 4. The number of thiazole rings is 1. The van der Waals surface area contributed by atoms with Crippen LogP contribution in [0.3, 0.4) is 0 Å². The summed E-state index contributed by atoms with van der Waals surface area (Å²) in [6.45, 7) is 15.4. The fourth-order valence-electron chi connectivity index (χ4n) is 10.3. The number of aliphatic imine (C=N–C) groups is 1. The summed E-state index contributed by atoms with van der Waals surface area (Å²) in [4.78, 5) is 69.1. The normalized spacial score (nSPS) is 22.8. The topological polar surface area (TPSA) is 202 Å². The number of ether oxygens (including phenoxy) is 2. The molecule has 6 heterocycles. The third-order valence-corrected chi connectivity index (χ3v) is 17.0. The molecule has 3 aromatic heterocycles. The average molecular weight is 1060 g/mol. The number of amides is 4. The molecule has 0 bridgehead atoms. The van der Waals surface area contributed by atoms with E-state index in [0.717, 1.165) is 60.5 Å². The lowest BCUT2D eigenvalue weighted by molar-refractivity contribution is -0.144. The van der Waals surface area contributed by atoms with Crippen LogP contribution in [0.15, 0.2) is 94.4 Å². The van der Waals surface area contributed by atoms with Gasteiger partial charge >= 0.3 is 0 Å². The zero-order valence-corrected chi connectivity index (χ0v) is 45.0. The number of nitrogens with one attached hydrogen (secondary N) is 3. The first-order chi connectivity index (χ1) is 35.3. The lowest BCUT2D eigenvalue weighted by Gasteiger charge is -2.37. The molecule has 1 unspecified atom stereocenters. The van der Waals surface area contributed by atoms with E-state index in [2.05, 4.69) is 45.0 Å². The fraction of sp³-hybridized carbons (Fsp3) is 0.418. The van der Waals surface area contributed by atoms with Crippen molar-refractivity contribution in [2.45, 2.75) is 136 Å². The molecule has 1 saturated carbocycles. The van der Waals surface area contributed by atoms with Crippen molar-refractivity contribution in [1.82, 2.24) is 40.6 Å². The van der Waals surface area contributed by atoms with Crippen molar-refractivity contribution in [2.75, 3.05) is 6.54 Å². The Morgan fingerprint density at radius 1 is 0.959 bits per heavy atom. The Bertz CT molecular complexity index is 3160. The first kappa shape index (κ1) is 51.0. The molecule has 0 spiro atoms. The first-order valence-electron chi connectivity index (χ1n) is 25.0. The van der Waals surface area contributed by atoms with E-state index in [9.17, 15) is 24.3 Å². The number of nitrogens with zero attached hydrogens (tertiary/aromatic N) is 6. The molecule has 4 N–H and O–H groups in total. The lowest BCUT2D eigenvalue weighted by atomic mass is 9.85. The molecule has 5 aromatic rings. The number of carbonyl (C=O) groups excluding carboxylic acids is 4. The largest absolute Gasteiger partial charge is 0.494 e. The molecule has 3 aliphatic heterocycles. The van der Waals surface area contributed by atoms with E-state index in [-0.39, 0.29) is 55.1 Å². The molecule has 4 amide bonds. The molecular weight excluding hydrogens is 998 g/mol. The van der Waals surface area contributed by atoms with Gasteiger partial charge < -0.3 is 35.4 Å². The smallest absolute Gasteiger partial charge is 0.287 e. The van der Waals surface area contributed by atoms with Gasteiger partial charge in [0.2, 0.25) is 17.7 Å². The number of aliphatic hydroxyl groups is 1. The molecule has 19 heteroatoms. The molecule has 2 aromatic carbocycles. The van der Waals surface area contributed by atoms with Gasteiger partial charge in [0.1, 0.15) is 46.9 Å². The highest BCUT2D eigenvalue weighted by atomic mass is 35.5. The maximum absolute atomic E-state index is 14.4. The van der Waals surface area contributed by atoms with Gasteiger partial charge in [-0.3, -0.25) is 28.7 Å². The molecule has 1 saturated heterocycles.